The Kier molecular flexibility index (Phi) is 10.1. The average Bonchev–Trinajstić information content (AvgIpc) is 3.11. The molecule has 0 spiro atoms. The highest BCUT2D eigenvalue weighted by Gasteiger charge is 2.16. The number of ether oxygens (including phenoxy) is 2. The van der Waals surface area contributed by atoms with Crippen molar-refractivity contribution in [1.29, 1.82) is 0 Å². The number of hydrogen-bond donors (Lipinski definition) is 2. The molecule has 0 unspecified atom stereocenters. The van der Waals surface area contributed by atoms with Gasteiger partial charge in [-0.1, -0.05) is 0 Å². The second-order valence-corrected chi connectivity index (χ2v) is 12.8. The van der Waals surface area contributed by atoms with Gasteiger partial charge in [0.15, 0.2) is 0 Å². The van der Waals surface area contributed by atoms with E-state index in [1.807, 2.05) is 41.5 Å². The summed E-state index contributed by atoms with van der Waals surface area (Å²) in [5.74, 6) is 3.09. The fraction of sp³-hybridized carbons (Fsp3) is 0.263. The van der Waals surface area contributed by atoms with E-state index in [2.05, 4.69) is 40.5 Å². The Morgan fingerprint density at radius 1 is 0.577 bits per heavy atom. The first-order valence-corrected chi connectivity index (χ1v) is 16.8. The molecule has 0 aromatic carbocycles. The van der Waals surface area contributed by atoms with Gasteiger partial charge in [-0.15, -0.1) is 0 Å². The van der Waals surface area contributed by atoms with Crippen LogP contribution in [0.5, 0.6) is 23.0 Å². The van der Waals surface area contributed by atoms with Crippen LogP contribution in [0.3, 0.4) is 0 Å². The monoisotopic (exact) mass is 700 g/mol. The van der Waals surface area contributed by atoms with Gasteiger partial charge in [0.2, 0.25) is 11.9 Å². The standard InChI is InChI=1S/C38H40N10O4/c1-21(2)43-37-41-19-27(35(49)47(37)7)29-9-11-33(23(5)45-29)51-25-13-15-39-31(17-25)32-18-26(14-16-40-32)52-34-12-10-30(46-24(34)6)28-20-42-38(44-22(3)4)48(8)36(28)50/h9-22H,1-8H3,(H,41,43)(H,42,44). The summed E-state index contributed by atoms with van der Waals surface area (Å²) in [4.78, 5) is 53.3. The van der Waals surface area contributed by atoms with Gasteiger partial charge in [0.1, 0.15) is 23.0 Å². The van der Waals surface area contributed by atoms with Crippen LogP contribution in [0.15, 0.2) is 82.9 Å². The van der Waals surface area contributed by atoms with E-state index in [0.717, 1.165) is 0 Å². The van der Waals surface area contributed by atoms with Crippen LogP contribution in [0.2, 0.25) is 0 Å². The molecule has 0 aliphatic heterocycles. The predicted molar refractivity (Wildman–Crippen MR) is 200 cm³/mol. The maximum absolute atomic E-state index is 13.1. The van der Waals surface area contributed by atoms with E-state index in [1.54, 1.807) is 75.0 Å². The minimum atomic E-state index is -0.204. The zero-order chi connectivity index (χ0) is 37.1. The van der Waals surface area contributed by atoms with Crippen LogP contribution in [-0.4, -0.2) is 51.1 Å². The molecule has 0 fully saturated rings. The van der Waals surface area contributed by atoms with E-state index in [0.29, 0.717) is 80.2 Å². The molecule has 0 aliphatic rings. The van der Waals surface area contributed by atoms with Crippen molar-refractivity contribution in [2.24, 2.45) is 14.1 Å². The van der Waals surface area contributed by atoms with E-state index in [-0.39, 0.29) is 23.2 Å². The number of rotatable bonds is 11. The number of aromatic nitrogens is 8. The summed E-state index contributed by atoms with van der Waals surface area (Å²) in [6.45, 7) is 11.6. The van der Waals surface area contributed by atoms with E-state index in [9.17, 15) is 9.59 Å². The topological polar surface area (TPSA) is 164 Å². The highest BCUT2D eigenvalue weighted by Crippen LogP contribution is 2.31. The van der Waals surface area contributed by atoms with Crippen LogP contribution < -0.4 is 31.2 Å². The molecular weight excluding hydrogens is 660 g/mol. The van der Waals surface area contributed by atoms with Crippen molar-refractivity contribution in [3.8, 4) is 56.9 Å². The summed E-state index contributed by atoms with van der Waals surface area (Å²) in [6, 6.07) is 14.3. The summed E-state index contributed by atoms with van der Waals surface area (Å²) < 4.78 is 15.4. The van der Waals surface area contributed by atoms with Crippen LogP contribution in [0.4, 0.5) is 11.9 Å². The fourth-order valence-corrected chi connectivity index (χ4v) is 5.32. The number of pyridine rings is 4. The Labute approximate surface area is 300 Å². The largest absolute Gasteiger partial charge is 0.455 e. The van der Waals surface area contributed by atoms with Crippen molar-refractivity contribution in [3.05, 3.63) is 105 Å². The predicted octanol–water partition coefficient (Wildman–Crippen LogP) is 6.30. The summed E-state index contributed by atoms with van der Waals surface area (Å²) in [5.41, 5.74) is 3.71. The van der Waals surface area contributed by atoms with Crippen molar-refractivity contribution < 1.29 is 9.47 Å². The molecule has 14 heteroatoms. The number of hydrogen-bond acceptors (Lipinski definition) is 12. The maximum atomic E-state index is 13.1. The van der Waals surface area contributed by atoms with Gasteiger partial charge in [-0.25, -0.2) is 19.9 Å². The molecular formula is C38H40N10O4. The normalized spacial score (nSPS) is 11.2. The Bertz CT molecular complexity index is 2220. The first-order chi connectivity index (χ1) is 24.9. The number of nitrogens with one attached hydrogen (secondary N) is 2. The van der Waals surface area contributed by atoms with Gasteiger partial charge in [-0.2, -0.15) is 0 Å². The number of aryl methyl sites for hydroxylation is 2. The third-order valence-electron chi connectivity index (χ3n) is 7.98. The molecule has 0 amide bonds. The summed E-state index contributed by atoms with van der Waals surface area (Å²) >= 11 is 0. The lowest BCUT2D eigenvalue weighted by Gasteiger charge is -2.14. The molecule has 2 N–H and O–H groups in total. The highest BCUT2D eigenvalue weighted by molar-refractivity contribution is 5.62. The van der Waals surface area contributed by atoms with Crippen LogP contribution in [0, 0.1) is 13.8 Å². The molecule has 6 rings (SSSR count). The Balaban J connectivity index is 1.18. The molecule has 6 heterocycles. The second kappa shape index (κ2) is 14.8. The zero-order valence-corrected chi connectivity index (χ0v) is 30.3. The highest BCUT2D eigenvalue weighted by atomic mass is 16.5. The molecule has 0 radical (unpaired) electrons. The lowest BCUT2D eigenvalue weighted by molar-refractivity contribution is 0.474. The summed E-state index contributed by atoms with van der Waals surface area (Å²) in [6.07, 6.45) is 6.34. The Morgan fingerprint density at radius 3 is 1.35 bits per heavy atom. The smallest absolute Gasteiger partial charge is 0.264 e. The van der Waals surface area contributed by atoms with E-state index in [4.69, 9.17) is 9.47 Å². The molecule has 0 saturated carbocycles. The van der Waals surface area contributed by atoms with E-state index < -0.39 is 0 Å². The van der Waals surface area contributed by atoms with Gasteiger partial charge in [-0.05, 0) is 77.9 Å². The van der Waals surface area contributed by atoms with Crippen molar-refractivity contribution >= 4 is 11.9 Å². The van der Waals surface area contributed by atoms with Crippen molar-refractivity contribution in [2.75, 3.05) is 10.6 Å². The molecule has 6 aromatic heterocycles. The fourth-order valence-electron chi connectivity index (χ4n) is 5.32. The summed E-state index contributed by atoms with van der Waals surface area (Å²) in [7, 11) is 3.36. The summed E-state index contributed by atoms with van der Waals surface area (Å²) in [5, 5.41) is 6.33. The van der Waals surface area contributed by atoms with E-state index in [1.165, 1.54) is 21.5 Å². The average molecular weight is 701 g/mol. The molecule has 52 heavy (non-hydrogen) atoms. The molecule has 14 nitrogen and oxygen atoms in total. The quantitative estimate of drug-likeness (QED) is 0.155. The molecule has 266 valence electrons. The number of anilines is 2. The van der Waals surface area contributed by atoms with Crippen molar-refractivity contribution in [2.45, 2.75) is 53.6 Å². The van der Waals surface area contributed by atoms with Gasteiger partial charge in [-0.3, -0.25) is 28.7 Å². The zero-order valence-electron chi connectivity index (χ0n) is 30.3. The third kappa shape index (κ3) is 7.65. The van der Waals surface area contributed by atoms with Crippen LogP contribution >= 0.6 is 0 Å². The van der Waals surface area contributed by atoms with Crippen molar-refractivity contribution in [3.63, 3.8) is 0 Å². The van der Waals surface area contributed by atoms with E-state index >= 15 is 0 Å². The Morgan fingerprint density at radius 2 is 0.981 bits per heavy atom. The lowest BCUT2D eigenvalue weighted by Crippen LogP contribution is -2.25. The van der Waals surface area contributed by atoms with Gasteiger partial charge >= 0.3 is 0 Å². The molecule has 0 atom stereocenters. The first-order valence-electron chi connectivity index (χ1n) is 16.8. The minimum absolute atomic E-state index is 0.132. The van der Waals surface area contributed by atoms with Gasteiger partial charge < -0.3 is 20.1 Å². The first kappa shape index (κ1) is 35.4. The van der Waals surface area contributed by atoms with Crippen LogP contribution in [-0.2, 0) is 14.1 Å². The van der Waals surface area contributed by atoms with Gasteiger partial charge in [0.25, 0.3) is 11.1 Å². The Hall–Kier alpha value is -6.44. The minimum Gasteiger partial charge on any atom is -0.455 e. The molecule has 0 aliphatic carbocycles. The van der Waals surface area contributed by atoms with Crippen LogP contribution in [0.25, 0.3) is 33.9 Å². The lowest BCUT2D eigenvalue weighted by atomic mass is 10.2. The van der Waals surface area contributed by atoms with Gasteiger partial charge in [0, 0.05) is 63.1 Å². The van der Waals surface area contributed by atoms with Crippen LogP contribution in [0.1, 0.15) is 39.1 Å². The second-order valence-electron chi connectivity index (χ2n) is 12.8. The van der Waals surface area contributed by atoms with Crippen molar-refractivity contribution in [1.82, 2.24) is 39.0 Å². The SMILES string of the molecule is Cc1nc(-c2cnc(NC(C)C)n(C)c2=O)ccc1Oc1ccnc(-c2cc(Oc3ccc(-c4cnc(NC(C)C)n(C)c4=O)nc3C)ccn2)c1. The maximum Gasteiger partial charge on any atom is 0.264 e. The molecule has 0 saturated heterocycles. The molecule has 0 bridgehead atoms. The van der Waals surface area contributed by atoms with Gasteiger partial charge in [0.05, 0.1) is 45.3 Å². The molecule has 6 aromatic rings. The third-order valence-corrected chi connectivity index (χ3v) is 7.98. The number of nitrogens with zero attached hydrogens (tertiary/aromatic N) is 8.